The van der Waals surface area contributed by atoms with Gasteiger partial charge in [-0.3, -0.25) is 23.4 Å². The maximum atomic E-state index is 12.4. The van der Waals surface area contributed by atoms with Gasteiger partial charge in [-0.25, -0.2) is 14.2 Å². The van der Waals surface area contributed by atoms with Gasteiger partial charge in [0.15, 0.2) is 0 Å². The largest absolute Gasteiger partial charge is 0.472 e. The van der Waals surface area contributed by atoms with Crippen LogP contribution in [0.1, 0.15) is 40.7 Å². The average Bonchev–Trinajstić information content (AvgIpc) is 3.44. The first-order valence-electron chi connectivity index (χ1n) is 13.2. The lowest BCUT2D eigenvalue weighted by Gasteiger charge is -2.18. The molecule has 4 atom stereocenters. The zero-order chi connectivity index (χ0) is 30.3. The number of aromatic nitrogens is 2. The number of nitrogens with one attached hydrogen (secondary N) is 1. The van der Waals surface area contributed by atoms with Crippen LogP contribution in [0, 0.1) is 27.7 Å². The summed E-state index contributed by atoms with van der Waals surface area (Å²) in [5.74, 6) is 0.619. The summed E-state index contributed by atoms with van der Waals surface area (Å²) >= 11 is 0. The Kier molecular flexibility index (Phi) is 8.41. The van der Waals surface area contributed by atoms with E-state index in [-0.39, 0.29) is 31.8 Å². The number of benzene rings is 1. The molecular formula is C27H31N2O12P. The molecule has 1 unspecified atom stereocenters. The molecule has 42 heavy (non-hydrogen) atoms. The van der Waals surface area contributed by atoms with Gasteiger partial charge in [-0.15, -0.1) is 0 Å². The molecule has 0 amide bonds. The molecule has 1 saturated heterocycles. The van der Waals surface area contributed by atoms with Gasteiger partial charge in [-0.05, 0) is 39.3 Å². The molecule has 5 rings (SSSR count). The van der Waals surface area contributed by atoms with E-state index in [2.05, 4.69) is 4.98 Å². The number of nitrogens with zero attached hydrogens (tertiary/aromatic N) is 1. The number of H-pyrrole nitrogens is 1. The summed E-state index contributed by atoms with van der Waals surface area (Å²) in [6, 6.07) is 3.31. The predicted octanol–water partition coefficient (Wildman–Crippen LogP) is 2.62. The Hall–Kier alpha value is -3.36. The van der Waals surface area contributed by atoms with E-state index < -0.39 is 49.7 Å². The number of rotatable bonds is 10. The first-order valence-corrected chi connectivity index (χ1v) is 14.7. The van der Waals surface area contributed by atoms with Crippen molar-refractivity contribution in [1.29, 1.82) is 0 Å². The van der Waals surface area contributed by atoms with Crippen molar-refractivity contribution in [3.05, 3.63) is 77.6 Å². The summed E-state index contributed by atoms with van der Waals surface area (Å²) < 4.78 is 46.2. The normalized spacial score (nSPS) is 20.5. The molecule has 15 heteroatoms. The van der Waals surface area contributed by atoms with Crippen molar-refractivity contribution in [2.24, 2.45) is 0 Å². The molecule has 1 fully saturated rings. The van der Waals surface area contributed by atoms with E-state index in [1.54, 1.807) is 6.92 Å². The van der Waals surface area contributed by atoms with Gasteiger partial charge in [0, 0.05) is 46.1 Å². The lowest BCUT2D eigenvalue weighted by molar-refractivity contribution is -0.0473. The van der Waals surface area contributed by atoms with Crippen LogP contribution < -0.4 is 16.9 Å². The molecule has 0 aliphatic carbocycles. The van der Waals surface area contributed by atoms with E-state index in [1.165, 1.54) is 19.2 Å². The quantitative estimate of drug-likeness (QED) is 0.136. The molecule has 3 N–H and O–H groups in total. The monoisotopic (exact) mass is 606 g/mol. The van der Waals surface area contributed by atoms with Crippen LogP contribution in [0.25, 0.3) is 21.9 Å². The van der Waals surface area contributed by atoms with Crippen LogP contribution in [0.4, 0.5) is 0 Å². The van der Waals surface area contributed by atoms with Crippen LogP contribution in [0.2, 0.25) is 0 Å². The highest BCUT2D eigenvalue weighted by atomic mass is 31.2. The van der Waals surface area contributed by atoms with Gasteiger partial charge in [0.25, 0.3) is 5.56 Å². The molecular weight excluding hydrogens is 575 g/mol. The molecule has 0 bridgehead atoms. The Morgan fingerprint density at radius 1 is 1.02 bits per heavy atom. The maximum absolute atomic E-state index is 12.4. The Morgan fingerprint density at radius 3 is 2.52 bits per heavy atom. The molecule has 1 aromatic carbocycles. The van der Waals surface area contributed by atoms with Crippen molar-refractivity contribution in [2.75, 3.05) is 19.8 Å². The third-order valence-corrected chi connectivity index (χ3v) is 8.20. The van der Waals surface area contributed by atoms with Crippen LogP contribution in [0.5, 0.6) is 0 Å². The second kappa shape index (κ2) is 11.7. The standard InChI is InChI=1S/C27H31N2O12P/c1-13-7-23(31)41-24-15(3)25-18(8-17(13)24)19(16(4)39-25)11-36-5-6-37-42(34,35)38-12-21-20(30)9-22(40-21)29-10-14(2)26(32)28-27(29)33/h7-8,10,20-22,30H,5-6,9,11-12H2,1-4H3,(H,34,35)(H,28,32,33)/t20-,21+,22+/m0/s1. The molecule has 0 spiro atoms. The van der Waals surface area contributed by atoms with Crippen LogP contribution in [0.15, 0.2) is 41.5 Å². The van der Waals surface area contributed by atoms with Gasteiger partial charge in [0.05, 0.1) is 32.5 Å². The van der Waals surface area contributed by atoms with Crippen molar-refractivity contribution in [2.45, 2.75) is 59.2 Å². The number of phosphoric ester groups is 1. The van der Waals surface area contributed by atoms with Crippen molar-refractivity contribution in [3.63, 3.8) is 0 Å². The predicted molar refractivity (Wildman–Crippen MR) is 148 cm³/mol. The minimum atomic E-state index is -4.52. The zero-order valence-electron chi connectivity index (χ0n) is 23.4. The van der Waals surface area contributed by atoms with E-state index in [1.807, 2.05) is 19.9 Å². The third kappa shape index (κ3) is 6.06. The van der Waals surface area contributed by atoms with Gasteiger partial charge in [0.1, 0.15) is 29.3 Å². The summed E-state index contributed by atoms with van der Waals surface area (Å²) in [5.41, 5.74) is 1.91. The van der Waals surface area contributed by atoms with E-state index in [0.29, 0.717) is 22.5 Å². The average molecular weight is 607 g/mol. The number of aromatic amines is 1. The molecule has 0 radical (unpaired) electrons. The molecule has 4 aromatic rings. The Bertz CT molecular complexity index is 1870. The number of aryl methyl sites for hydroxylation is 4. The van der Waals surface area contributed by atoms with E-state index in [0.717, 1.165) is 26.5 Å². The zero-order valence-corrected chi connectivity index (χ0v) is 24.3. The highest BCUT2D eigenvalue weighted by Gasteiger charge is 2.37. The first-order chi connectivity index (χ1) is 19.8. The van der Waals surface area contributed by atoms with Crippen LogP contribution in [0.3, 0.4) is 0 Å². The molecule has 3 aromatic heterocycles. The summed E-state index contributed by atoms with van der Waals surface area (Å²) in [6.45, 7) is 6.30. The summed E-state index contributed by atoms with van der Waals surface area (Å²) in [7, 11) is -4.52. The number of fused-ring (bicyclic) bond motifs is 2. The SMILES string of the molecule is Cc1oc2c(C)c3oc(=O)cc(C)c3cc2c1COCCOP(=O)(O)OC[C@H]1O[C@@H](n2cc(C)c(=O)[nH]c2=O)C[C@@H]1O. The molecule has 1 aliphatic heterocycles. The van der Waals surface area contributed by atoms with Gasteiger partial charge in [-0.2, -0.15) is 0 Å². The number of hydrogen-bond donors (Lipinski definition) is 3. The van der Waals surface area contributed by atoms with Crippen molar-refractivity contribution < 1.29 is 41.9 Å². The fourth-order valence-electron chi connectivity index (χ4n) is 4.96. The Labute approximate surface area is 238 Å². The minimum absolute atomic E-state index is 0.00922. The van der Waals surface area contributed by atoms with E-state index in [4.69, 9.17) is 27.4 Å². The van der Waals surface area contributed by atoms with Gasteiger partial charge >= 0.3 is 19.1 Å². The van der Waals surface area contributed by atoms with Crippen LogP contribution >= 0.6 is 7.82 Å². The Morgan fingerprint density at radius 2 is 1.76 bits per heavy atom. The number of aliphatic hydroxyl groups excluding tert-OH is 1. The van der Waals surface area contributed by atoms with Crippen molar-refractivity contribution >= 4 is 29.8 Å². The maximum Gasteiger partial charge on any atom is 0.472 e. The number of ether oxygens (including phenoxy) is 2. The van der Waals surface area contributed by atoms with Crippen LogP contribution in [-0.4, -0.2) is 51.6 Å². The van der Waals surface area contributed by atoms with Crippen LogP contribution in [-0.2, 0) is 29.7 Å². The Balaban J connectivity index is 1.14. The third-order valence-electron chi connectivity index (χ3n) is 7.22. The number of hydrogen-bond acceptors (Lipinski definition) is 11. The van der Waals surface area contributed by atoms with Gasteiger partial charge in [0.2, 0.25) is 0 Å². The molecule has 14 nitrogen and oxygen atoms in total. The number of aliphatic hydroxyl groups is 1. The van der Waals surface area contributed by atoms with E-state index in [9.17, 15) is 28.9 Å². The fourth-order valence-corrected chi connectivity index (χ4v) is 5.67. The fraction of sp³-hybridized carbons (Fsp3) is 0.444. The topological polar surface area (TPSA) is 193 Å². The molecule has 1 aliphatic rings. The smallest absolute Gasteiger partial charge is 0.461 e. The highest BCUT2D eigenvalue weighted by molar-refractivity contribution is 7.47. The lowest BCUT2D eigenvalue weighted by Crippen LogP contribution is -2.33. The molecule has 226 valence electrons. The van der Waals surface area contributed by atoms with Crippen molar-refractivity contribution in [1.82, 2.24) is 9.55 Å². The second-order valence-corrected chi connectivity index (χ2v) is 11.7. The molecule has 4 heterocycles. The summed E-state index contributed by atoms with van der Waals surface area (Å²) in [4.78, 5) is 47.8. The summed E-state index contributed by atoms with van der Waals surface area (Å²) in [6.07, 6.45) is -1.67. The number of phosphoric acid groups is 1. The highest BCUT2D eigenvalue weighted by Crippen LogP contribution is 2.44. The lowest BCUT2D eigenvalue weighted by atomic mass is 10.0. The minimum Gasteiger partial charge on any atom is -0.461 e. The van der Waals surface area contributed by atoms with E-state index >= 15 is 0 Å². The second-order valence-electron chi connectivity index (χ2n) is 10.2. The number of furan rings is 1. The summed E-state index contributed by atoms with van der Waals surface area (Å²) in [5, 5.41) is 11.9. The van der Waals surface area contributed by atoms with Gasteiger partial charge in [-0.1, -0.05) is 0 Å². The first kappa shape index (κ1) is 30.1. The van der Waals surface area contributed by atoms with Crippen molar-refractivity contribution in [3.8, 4) is 0 Å². The van der Waals surface area contributed by atoms with Gasteiger partial charge < -0.3 is 28.3 Å². The molecule has 0 saturated carbocycles.